The number of carbonyl (C=O) groups excluding carboxylic acids is 5. The minimum atomic E-state index is -1.48. The molecule has 2 aromatic rings. The number of carbonyl (C=O) groups is 5. The van der Waals surface area contributed by atoms with Crippen LogP contribution in [0.5, 0.6) is 0 Å². The van der Waals surface area contributed by atoms with E-state index in [1.54, 1.807) is 57.2 Å². The number of aryl methyl sites for hydroxylation is 2. The highest BCUT2D eigenvalue weighted by atomic mass is 35.5. The second kappa shape index (κ2) is 9.26. The van der Waals surface area contributed by atoms with Crippen LogP contribution in [0, 0.1) is 48.9 Å². The number of ether oxygens (including phenoxy) is 1. The maximum Gasteiger partial charge on any atom is 0.334 e. The monoisotopic (exact) mass is 594 g/mol. The molecule has 2 bridgehead atoms. The molecular weight excluding hydrogens is 567 g/mol. The van der Waals surface area contributed by atoms with E-state index in [0.717, 1.165) is 20.9 Å². The van der Waals surface area contributed by atoms with Gasteiger partial charge in [0.15, 0.2) is 0 Å². The molecule has 6 atom stereocenters. The maximum absolute atomic E-state index is 14.2. The van der Waals surface area contributed by atoms with E-state index >= 15 is 0 Å². The van der Waals surface area contributed by atoms with Crippen molar-refractivity contribution in [1.29, 1.82) is 0 Å². The van der Waals surface area contributed by atoms with Crippen LogP contribution in [-0.2, 0) is 28.7 Å². The van der Waals surface area contributed by atoms with Crippen LogP contribution < -0.4 is 9.80 Å². The van der Waals surface area contributed by atoms with Crippen LogP contribution in [0.4, 0.5) is 11.4 Å². The van der Waals surface area contributed by atoms with E-state index in [2.05, 4.69) is 0 Å². The van der Waals surface area contributed by atoms with Gasteiger partial charge in [0.1, 0.15) is 0 Å². The highest BCUT2D eigenvalue weighted by Crippen LogP contribution is 2.68. The van der Waals surface area contributed by atoms with Gasteiger partial charge in [-0.25, -0.2) is 14.6 Å². The van der Waals surface area contributed by atoms with Gasteiger partial charge in [-0.3, -0.25) is 19.2 Å². The van der Waals surface area contributed by atoms with Crippen molar-refractivity contribution in [3.05, 3.63) is 68.7 Å². The molecule has 212 valence electrons. The van der Waals surface area contributed by atoms with Gasteiger partial charge in [0.2, 0.25) is 23.6 Å². The Balaban J connectivity index is 1.54. The van der Waals surface area contributed by atoms with Crippen molar-refractivity contribution in [1.82, 2.24) is 0 Å². The lowest BCUT2D eigenvalue weighted by molar-refractivity contribution is -0.155. The number of amides is 4. The highest BCUT2D eigenvalue weighted by Gasteiger charge is 2.77. The molecule has 10 heteroatoms. The van der Waals surface area contributed by atoms with Crippen molar-refractivity contribution in [2.75, 3.05) is 16.4 Å². The smallest absolute Gasteiger partial charge is 0.334 e. The Bertz CT molecular complexity index is 1530. The second-order valence-electron chi connectivity index (χ2n) is 11.5. The molecule has 2 aromatic carbocycles. The Morgan fingerprint density at radius 3 is 1.61 bits per heavy atom. The summed E-state index contributed by atoms with van der Waals surface area (Å²) in [5.74, 6) is -7.50. The predicted octanol–water partition coefficient (Wildman–Crippen LogP) is 5.05. The molecular formula is C31H28Cl2N2O6. The highest BCUT2D eigenvalue weighted by molar-refractivity contribution is 6.33. The van der Waals surface area contributed by atoms with Crippen molar-refractivity contribution in [2.45, 2.75) is 34.6 Å². The summed E-state index contributed by atoms with van der Waals surface area (Å²) in [5, 5.41) is 0.784. The SMILES string of the molecule is CCOC(=O)C1=C(C)C2[C@H]3C(=O)N(c4ccc(C)c(Cl)c4)C(=O)[C@H]3C1(C)[C@H]1C(=O)N(c3ccc(C)c(Cl)c3)C(=O)[C@H]21. The quantitative estimate of drug-likeness (QED) is 0.362. The molecule has 1 saturated carbocycles. The van der Waals surface area contributed by atoms with Crippen LogP contribution in [-0.4, -0.2) is 36.2 Å². The van der Waals surface area contributed by atoms with E-state index in [4.69, 9.17) is 27.9 Å². The number of rotatable bonds is 4. The molecule has 3 aliphatic carbocycles. The van der Waals surface area contributed by atoms with Crippen LogP contribution >= 0.6 is 23.2 Å². The van der Waals surface area contributed by atoms with Crippen molar-refractivity contribution in [3.8, 4) is 0 Å². The first-order chi connectivity index (χ1) is 19.4. The minimum absolute atomic E-state index is 0.0836. The number of hydrogen-bond donors (Lipinski definition) is 0. The number of benzene rings is 2. The molecule has 8 nitrogen and oxygen atoms in total. The van der Waals surface area contributed by atoms with Crippen molar-refractivity contribution >= 4 is 64.2 Å². The summed E-state index contributed by atoms with van der Waals surface area (Å²) in [6.07, 6.45) is 0. The zero-order valence-corrected chi connectivity index (χ0v) is 24.7. The van der Waals surface area contributed by atoms with Gasteiger partial charge in [0.05, 0.1) is 41.7 Å². The average Bonchev–Trinajstić information content (AvgIpc) is 3.34. The number of hydrogen-bond acceptors (Lipinski definition) is 6. The molecule has 7 rings (SSSR count). The Hall–Kier alpha value is -3.49. The molecule has 0 aromatic heterocycles. The molecule has 0 spiro atoms. The molecule has 4 amide bonds. The fourth-order valence-corrected chi connectivity index (χ4v) is 8.11. The fraction of sp³-hybridized carbons (Fsp3) is 0.387. The summed E-state index contributed by atoms with van der Waals surface area (Å²) in [5.41, 5.74) is 1.40. The third-order valence-corrected chi connectivity index (χ3v) is 10.3. The lowest BCUT2D eigenvalue weighted by Gasteiger charge is -2.55. The van der Waals surface area contributed by atoms with Gasteiger partial charge in [-0.15, -0.1) is 0 Å². The normalized spacial score (nSPS) is 30.4. The Morgan fingerprint density at radius 1 is 0.780 bits per heavy atom. The fourth-order valence-electron chi connectivity index (χ4n) is 7.76. The third-order valence-electron chi connectivity index (χ3n) is 9.51. The number of allylic oxidation sites excluding steroid dienone is 1. The van der Waals surface area contributed by atoms with E-state index in [0.29, 0.717) is 27.0 Å². The molecule has 41 heavy (non-hydrogen) atoms. The van der Waals surface area contributed by atoms with Gasteiger partial charge in [0, 0.05) is 27.0 Å². The van der Waals surface area contributed by atoms with E-state index < -0.39 is 64.6 Å². The van der Waals surface area contributed by atoms with Gasteiger partial charge in [-0.05, 0) is 63.1 Å². The minimum Gasteiger partial charge on any atom is -0.463 e. The summed E-state index contributed by atoms with van der Waals surface area (Å²) in [6.45, 7) is 8.73. The molecule has 2 aliphatic heterocycles. The molecule has 2 heterocycles. The largest absolute Gasteiger partial charge is 0.463 e. The Labute approximate surface area is 247 Å². The number of nitrogens with zero attached hydrogens (tertiary/aromatic N) is 2. The van der Waals surface area contributed by atoms with Gasteiger partial charge in [0.25, 0.3) is 0 Å². The van der Waals surface area contributed by atoms with E-state index in [1.165, 1.54) is 0 Å². The summed E-state index contributed by atoms with van der Waals surface area (Å²) in [7, 11) is 0. The van der Waals surface area contributed by atoms with Crippen LogP contribution in [0.2, 0.25) is 10.0 Å². The second-order valence-corrected chi connectivity index (χ2v) is 12.3. The van der Waals surface area contributed by atoms with Crippen LogP contribution in [0.1, 0.15) is 31.9 Å². The first-order valence-electron chi connectivity index (χ1n) is 13.5. The Morgan fingerprint density at radius 2 is 1.22 bits per heavy atom. The lowest BCUT2D eigenvalue weighted by atomic mass is 9.43. The molecule has 2 saturated heterocycles. The van der Waals surface area contributed by atoms with Gasteiger partial charge >= 0.3 is 5.97 Å². The number of halogens is 2. The molecule has 0 radical (unpaired) electrons. The van der Waals surface area contributed by atoms with Crippen molar-refractivity contribution in [3.63, 3.8) is 0 Å². The maximum atomic E-state index is 14.2. The van der Waals surface area contributed by atoms with Crippen LogP contribution in [0.25, 0.3) is 0 Å². The number of imide groups is 2. The predicted molar refractivity (Wildman–Crippen MR) is 152 cm³/mol. The average molecular weight is 595 g/mol. The first-order valence-corrected chi connectivity index (χ1v) is 14.3. The van der Waals surface area contributed by atoms with E-state index in [-0.39, 0.29) is 12.2 Å². The summed E-state index contributed by atoms with van der Waals surface area (Å²) in [6, 6.07) is 9.84. The summed E-state index contributed by atoms with van der Waals surface area (Å²) < 4.78 is 5.42. The summed E-state index contributed by atoms with van der Waals surface area (Å²) in [4.78, 5) is 72.4. The lowest BCUT2D eigenvalue weighted by Crippen LogP contribution is -2.61. The molecule has 2 unspecified atom stereocenters. The van der Waals surface area contributed by atoms with Crippen molar-refractivity contribution in [2.24, 2.45) is 35.0 Å². The van der Waals surface area contributed by atoms with Gasteiger partial charge in [-0.1, -0.05) is 47.8 Å². The van der Waals surface area contributed by atoms with E-state index in [9.17, 15) is 24.0 Å². The van der Waals surface area contributed by atoms with E-state index in [1.807, 2.05) is 13.8 Å². The number of esters is 1. The van der Waals surface area contributed by atoms with Gasteiger partial charge < -0.3 is 4.74 Å². The topological polar surface area (TPSA) is 101 Å². The third kappa shape index (κ3) is 3.50. The first kappa shape index (κ1) is 27.7. The van der Waals surface area contributed by atoms with Crippen LogP contribution in [0.15, 0.2) is 47.5 Å². The van der Waals surface area contributed by atoms with Crippen molar-refractivity contribution < 1.29 is 28.7 Å². The van der Waals surface area contributed by atoms with Crippen LogP contribution in [0.3, 0.4) is 0 Å². The molecule has 5 aliphatic rings. The Kier molecular flexibility index (Phi) is 6.25. The van der Waals surface area contributed by atoms with Gasteiger partial charge in [-0.2, -0.15) is 0 Å². The number of anilines is 2. The standard InChI is InChI=1S/C31H28Cl2N2O6/c1-6-41-30(40)23-15(4)20-21-24(28(38)34(26(21)36)16-9-7-13(2)18(32)11-16)31(23,5)25-22(20)27(37)35(29(25)39)17-10-8-14(3)19(33)12-17/h7-12,20-22,24-25H,6H2,1-5H3/t20?,21-,22-,24-,25+,31?/m1/s1. The summed E-state index contributed by atoms with van der Waals surface area (Å²) >= 11 is 12.7. The zero-order chi connectivity index (χ0) is 29.7. The zero-order valence-electron chi connectivity index (χ0n) is 23.2. The molecule has 3 fully saturated rings. The molecule has 0 N–H and O–H groups in total.